The van der Waals surface area contributed by atoms with Crippen LogP contribution in [0.15, 0.2) is 71.9 Å². The van der Waals surface area contributed by atoms with Gasteiger partial charge in [-0.3, -0.25) is 19.1 Å². The summed E-state index contributed by atoms with van der Waals surface area (Å²) in [7, 11) is 0. The molecule has 4 aromatic rings. The smallest absolute Gasteiger partial charge is 0.263 e. The van der Waals surface area contributed by atoms with E-state index < -0.39 is 6.04 Å². The van der Waals surface area contributed by atoms with Gasteiger partial charge in [0.2, 0.25) is 0 Å². The Kier molecular flexibility index (Phi) is 7.30. The van der Waals surface area contributed by atoms with Crippen LogP contribution >= 0.6 is 11.6 Å². The maximum absolute atomic E-state index is 13.6. The van der Waals surface area contributed by atoms with Gasteiger partial charge in [0.15, 0.2) is 5.65 Å². The van der Waals surface area contributed by atoms with Gasteiger partial charge in [0.1, 0.15) is 5.82 Å². The van der Waals surface area contributed by atoms with E-state index in [2.05, 4.69) is 9.97 Å². The first-order chi connectivity index (χ1) is 16.5. The van der Waals surface area contributed by atoms with Gasteiger partial charge >= 0.3 is 0 Å². The van der Waals surface area contributed by atoms with Gasteiger partial charge < -0.3 is 10.6 Å². The van der Waals surface area contributed by atoms with Crippen LogP contribution in [0.2, 0.25) is 5.02 Å². The van der Waals surface area contributed by atoms with Crippen molar-refractivity contribution in [2.24, 2.45) is 5.73 Å². The monoisotopic (exact) mass is 476 g/mol. The van der Waals surface area contributed by atoms with Crippen LogP contribution in [0.4, 0.5) is 0 Å². The van der Waals surface area contributed by atoms with Gasteiger partial charge in [-0.15, -0.1) is 0 Å². The van der Waals surface area contributed by atoms with Gasteiger partial charge in [-0.2, -0.15) is 0 Å². The quantitative estimate of drug-likeness (QED) is 0.417. The van der Waals surface area contributed by atoms with Crippen molar-refractivity contribution in [3.8, 4) is 0 Å². The molecule has 34 heavy (non-hydrogen) atoms. The number of fused-ring (bicyclic) bond motifs is 1. The molecular weight excluding hydrogens is 452 g/mol. The van der Waals surface area contributed by atoms with Crippen molar-refractivity contribution in [1.29, 1.82) is 0 Å². The van der Waals surface area contributed by atoms with E-state index in [1.807, 2.05) is 37.3 Å². The molecule has 2 N–H and O–H groups in total. The Morgan fingerprint density at radius 3 is 2.59 bits per heavy atom. The molecule has 1 unspecified atom stereocenters. The van der Waals surface area contributed by atoms with Gasteiger partial charge in [0, 0.05) is 37.2 Å². The van der Waals surface area contributed by atoms with E-state index >= 15 is 0 Å². The third-order valence-corrected chi connectivity index (χ3v) is 5.82. The van der Waals surface area contributed by atoms with E-state index in [-0.39, 0.29) is 23.7 Å². The summed E-state index contributed by atoms with van der Waals surface area (Å²) < 4.78 is 1.60. The number of nitrogens with two attached hydrogens (primary N) is 1. The number of hydrogen-bond donors (Lipinski definition) is 1. The molecule has 0 aliphatic carbocycles. The lowest BCUT2D eigenvalue weighted by Crippen LogP contribution is -2.41. The number of amides is 1. The molecule has 0 bridgehead atoms. The molecule has 4 rings (SSSR count). The van der Waals surface area contributed by atoms with Crippen molar-refractivity contribution in [3.05, 3.63) is 99.4 Å². The summed E-state index contributed by atoms with van der Waals surface area (Å²) in [6, 6.07) is 14.0. The fourth-order valence-corrected chi connectivity index (χ4v) is 4.17. The third kappa shape index (κ3) is 4.83. The van der Waals surface area contributed by atoms with E-state index in [4.69, 9.17) is 22.3 Å². The van der Waals surface area contributed by atoms with Crippen molar-refractivity contribution >= 4 is 28.5 Å². The van der Waals surface area contributed by atoms with E-state index in [1.54, 1.807) is 40.1 Å². The Bertz CT molecular complexity index is 1340. The third-order valence-electron chi connectivity index (χ3n) is 5.61. The first-order valence-corrected chi connectivity index (χ1v) is 11.4. The van der Waals surface area contributed by atoms with Crippen molar-refractivity contribution in [2.45, 2.75) is 25.9 Å². The van der Waals surface area contributed by atoms with Crippen LogP contribution < -0.4 is 11.3 Å². The molecule has 0 aliphatic rings. The summed E-state index contributed by atoms with van der Waals surface area (Å²) in [6.07, 6.45) is 5.13. The van der Waals surface area contributed by atoms with Crippen molar-refractivity contribution in [1.82, 2.24) is 24.4 Å². The molecule has 0 aliphatic heterocycles. The highest BCUT2D eigenvalue weighted by Crippen LogP contribution is 2.26. The zero-order valence-electron chi connectivity index (χ0n) is 18.8. The van der Waals surface area contributed by atoms with Crippen LogP contribution in [0.1, 0.15) is 41.1 Å². The Balaban J connectivity index is 1.90. The Morgan fingerprint density at radius 1 is 1.18 bits per heavy atom. The largest absolute Gasteiger partial charge is 0.329 e. The molecule has 9 heteroatoms. The molecule has 3 aromatic heterocycles. The lowest BCUT2D eigenvalue weighted by molar-refractivity contribution is 0.0664. The topological polar surface area (TPSA) is 107 Å². The van der Waals surface area contributed by atoms with E-state index in [9.17, 15) is 9.59 Å². The van der Waals surface area contributed by atoms with Crippen molar-refractivity contribution < 1.29 is 4.79 Å². The second-order valence-corrected chi connectivity index (χ2v) is 8.26. The number of rotatable bonds is 8. The second kappa shape index (κ2) is 10.5. The average Bonchev–Trinajstić information content (AvgIpc) is 2.87. The van der Waals surface area contributed by atoms with Crippen molar-refractivity contribution in [2.75, 3.05) is 13.1 Å². The Hall–Kier alpha value is -3.62. The Morgan fingerprint density at radius 2 is 1.91 bits per heavy atom. The molecule has 0 fully saturated rings. The average molecular weight is 477 g/mol. The Labute approximate surface area is 202 Å². The number of pyridine rings is 2. The summed E-state index contributed by atoms with van der Waals surface area (Å²) in [5.41, 5.74) is 7.34. The highest BCUT2D eigenvalue weighted by molar-refractivity contribution is 6.31. The summed E-state index contributed by atoms with van der Waals surface area (Å²) >= 11 is 6.12. The number of hydrogen-bond acceptors (Lipinski definition) is 6. The van der Waals surface area contributed by atoms with Gasteiger partial charge in [-0.05, 0) is 30.2 Å². The number of halogens is 1. The van der Waals surface area contributed by atoms with Gasteiger partial charge in [-0.1, -0.05) is 48.9 Å². The van der Waals surface area contributed by atoms with Crippen LogP contribution in [-0.4, -0.2) is 43.4 Å². The molecule has 1 aromatic carbocycles. The normalized spacial score (nSPS) is 12.0. The molecular formula is C25H25ClN6O2. The molecule has 8 nitrogen and oxygen atoms in total. The molecule has 0 radical (unpaired) electrons. The first kappa shape index (κ1) is 23.5. The fourth-order valence-electron chi connectivity index (χ4n) is 4.01. The van der Waals surface area contributed by atoms with Gasteiger partial charge in [0.25, 0.3) is 11.5 Å². The SMILES string of the molecule is CCC(c1nc2ncc(Cl)cc2c(=O)n1Cc1ccccc1)N(CCN)C(=O)c1ccncc1. The summed E-state index contributed by atoms with van der Waals surface area (Å²) in [4.78, 5) is 41.8. The molecule has 1 atom stereocenters. The minimum absolute atomic E-state index is 0.204. The first-order valence-electron chi connectivity index (χ1n) is 11.0. The summed E-state index contributed by atoms with van der Waals surface area (Å²) in [6.45, 7) is 2.80. The van der Waals surface area contributed by atoms with E-state index in [0.29, 0.717) is 41.3 Å². The molecule has 0 saturated heterocycles. The summed E-state index contributed by atoms with van der Waals surface area (Å²) in [5.74, 6) is 0.249. The molecule has 0 spiro atoms. The van der Waals surface area contributed by atoms with Crippen LogP contribution in [0.25, 0.3) is 11.0 Å². The highest BCUT2D eigenvalue weighted by atomic mass is 35.5. The highest BCUT2D eigenvalue weighted by Gasteiger charge is 2.29. The number of benzene rings is 1. The van der Waals surface area contributed by atoms with Crippen LogP contribution in [0.5, 0.6) is 0 Å². The lowest BCUT2D eigenvalue weighted by atomic mass is 10.1. The van der Waals surface area contributed by atoms with Crippen LogP contribution in [0.3, 0.4) is 0 Å². The number of aromatic nitrogens is 4. The maximum atomic E-state index is 13.6. The second-order valence-electron chi connectivity index (χ2n) is 7.82. The molecule has 174 valence electrons. The molecule has 3 heterocycles. The predicted octanol–water partition coefficient (Wildman–Crippen LogP) is 3.44. The van der Waals surface area contributed by atoms with E-state index in [0.717, 1.165) is 5.56 Å². The molecule has 1 amide bonds. The number of nitrogens with zero attached hydrogens (tertiary/aromatic N) is 5. The van der Waals surface area contributed by atoms with Gasteiger partial charge in [0.05, 0.1) is 23.0 Å². The minimum atomic E-state index is -0.498. The van der Waals surface area contributed by atoms with Gasteiger partial charge in [-0.25, -0.2) is 9.97 Å². The zero-order chi connectivity index (χ0) is 24.1. The maximum Gasteiger partial charge on any atom is 0.263 e. The van der Waals surface area contributed by atoms with Crippen LogP contribution in [0, 0.1) is 0 Å². The lowest BCUT2D eigenvalue weighted by Gasteiger charge is -2.32. The van der Waals surface area contributed by atoms with Crippen molar-refractivity contribution in [3.63, 3.8) is 0 Å². The summed E-state index contributed by atoms with van der Waals surface area (Å²) in [5, 5.41) is 0.683. The zero-order valence-corrected chi connectivity index (χ0v) is 19.5. The van der Waals surface area contributed by atoms with E-state index in [1.165, 1.54) is 6.20 Å². The van der Waals surface area contributed by atoms with Crippen LogP contribution in [-0.2, 0) is 6.54 Å². The molecule has 0 saturated carbocycles. The number of carbonyl (C=O) groups is 1. The minimum Gasteiger partial charge on any atom is -0.329 e. The number of carbonyl (C=O) groups excluding carboxylic acids is 1. The predicted molar refractivity (Wildman–Crippen MR) is 132 cm³/mol. The fraction of sp³-hybridized carbons (Fsp3) is 0.240. The standard InChI is InChI=1S/C25H25ClN6O2/c1-2-21(31(13-10-27)24(33)18-8-11-28-12-9-18)23-30-22-20(14-19(26)15-29-22)25(34)32(23)16-17-6-4-3-5-7-17/h3-9,11-12,14-15,21H,2,10,13,16,27H2,1H3.